The number of aromatic amines is 1. The molecule has 1 aliphatic carbocycles. The Kier molecular flexibility index (Phi) is 4.39. The van der Waals surface area contributed by atoms with Gasteiger partial charge in [-0.2, -0.15) is 4.98 Å². The fraction of sp³-hybridized carbons (Fsp3) is 0.769. The zero-order valence-electron chi connectivity index (χ0n) is 12.2. The lowest BCUT2D eigenvalue weighted by Crippen LogP contribution is -2.30. The number of hydrogen-bond donors (Lipinski definition) is 2. The van der Waals surface area contributed by atoms with Crippen molar-refractivity contribution in [2.45, 2.75) is 39.2 Å². The minimum absolute atomic E-state index is 0.479. The summed E-state index contributed by atoms with van der Waals surface area (Å²) in [6.45, 7) is 4.66. The Morgan fingerprint density at radius 3 is 2.79 bits per heavy atom. The number of H-pyrrole nitrogens is 1. The summed E-state index contributed by atoms with van der Waals surface area (Å²) in [5.74, 6) is 2.77. The molecule has 6 heteroatoms. The minimum atomic E-state index is 0.479. The van der Waals surface area contributed by atoms with Crippen molar-refractivity contribution in [3.63, 3.8) is 0 Å². The van der Waals surface area contributed by atoms with E-state index in [0.29, 0.717) is 17.9 Å². The number of nitrogens with one attached hydrogen (secondary N) is 2. The van der Waals surface area contributed by atoms with Gasteiger partial charge in [0.1, 0.15) is 0 Å². The van der Waals surface area contributed by atoms with Gasteiger partial charge in [-0.3, -0.25) is 0 Å². The monoisotopic (exact) mass is 264 g/mol. The van der Waals surface area contributed by atoms with Crippen LogP contribution in [0, 0.1) is 11.8 Å². The van der Waals surface area contributed by atoms with Gasteiger partial charge in [0.15, 0.2) is 0 Å². The lowest BCUT2D eigenvalue weighted by molar-refractivity contribution is 0.260. The SMILES string of the molecule is CC1CCC(Nc2n[nH]c(N=CN(C)C)n2)CC1C. The summed E-state index contributed by atoms with van der Waals surface area (Å²) < 4.78 is 0. The Morgan fingerprint density at radius 2 is 2.11 bits per heavy atom. The van der Waals surface area contributed by atoms with E-state index >= 15 is 0 Å². The molecule has 1 saturated carbocycles. The maximum atomic E-state index is 4.32. The summed E-state index contributed by atoms with van der Waals surface area (Å²) in [7, 11) is 3.84. The Labute approximate surface area is 114 Å². The van der Waals surface area contributed by atoms with Crippen LogP contribution in [0.25, 0.3) is 0 Å². The average Bonchev–Trinajstić information content (AvgIpc) is 2.79. The van der Waals surface area contributed by atoms with Gasteiger partial charge in [0, 0.05) is 20.1 Å². The van der Waals surface area contributed by atoms with Crippen molar-refractivity contribution in [1.82, 2.24) is 20.1 Å². The molecule has 1 aliphatic rings. The van der Waals surface area contributed by atoms with Crippen LogP contribution in [0.4, 0.5) is 11.9 Å². The van der Waals surface area contributed by atoms with Gasteiger partial charge in [-0.25, -0.2) is 10.1 Å². The van der Waals surface area contributed by atoms with Crippen LogP contribution in [-0.4, -0.2) is 46.6 Å². The second-order valence-corrected chi connectivity index (χ2v) is 5.80. The van der Waals surface area contributed by atoms with Gasteiger partial charge in [-0.1, -0.05) is 13.8 Å². The lowest BCUT2D eigenvalue weighted by Gasteiger charge is -2.32. The summed E-state index contributed by atoms with van der Waals surface area (Å²) in [6, 6.07) is 0.479. The van der Waals surface area contributed by atoms with Gasteiger partial charge in [0.05, 0.1) is 6.34 Å². The summed E-state index contributed by atoms with van der Waals surface area (Å²) in [6.07, 6.45) is 5.35. The molecular formula is C13H24N6. The quantitative estimate of drug-likeness (QED) is 0.646. The van der Waals surface area contributed by atoms with E-state index in [9.17, 15) is 0 Å². The zero-order chi connectivity index (χ0) is 13.8. The van der Waals surface area contributed by atoms with E-state index in [1.54, 1.807) is 6.34 Å². The molecule has 1 aromatic rings. The van der Waals surface area contributed by atoms with Crippen molar-refractivity contribution in [1.29, 1.82) is 0 Å². The zero-order valence-corrected chi connectivity index (χ0v) is 12.2. The van der Waals surface area contributed by atoms with E-state index in [2.05, 4.69) is 39.3 Å². The van der Waals surface area contributed by atoms with Crippen molar-refractivity contribution >= 4 is 18.2 Å². The average molecular weight is 264 g/mol. The maximum absolute atomic E-state index is 4.32. The van der Waals surface area contributed by atoms with Crippen molar-refractivity contribution in [3.05, 3.63) is 0 Å². The third kappa shape index (κ3) is 3.94. The van der Waals surface area contributed by atoms with Crippen LogP contribution in [0.1, 0.15) is 33.1 Å². The molecule has 0 amide bonds. The molecule has 0 spiro atoms. The van der Waals surface area contributed by atoms with Gasteiger partial charge in [0.2, 0.25) is 11.9 Å². The van der Waals surface area contributed by atoms with Gasteiger partial charge < -0.3 is 10.2 Å². The molecule has 19 heavy (non-hydrogen) atoms. The third-order valence-electron chi connectivity index (χ3n) is 3.82. The predicted octanol–water partition coefficient (Wildman–Crippen LogP) is 2.26. The maximum Gasteiger partial charge on any atom is 0.248 e. The largest absolute Gasteiger partial charge is 0.369 e. The number of anilines is 1. The van der Waals surface area contributed by atoms with E-state index in [-0.39, 0.29) is 0 Å². The molecule has 3 unspecified atom stereocenters. The molecule has 0 saturated heterocycles. The Morgan fingerprint density at radius 1 is 1.32 bits per heavy atom. The fourth-order valence-corrected chi connectivity index (χ4v) is 2.41. The van der Waals surface area contributed by atoms with E-state index in [0.717, 1.165) is 11.8 Å². The molecule has 0 aliphatic heterocycles. The number of rotatable bonds is 4. The van der Waals surface area contributed by atoms with Gasteiger partial charge >= 0.3 is 0 Å². The molecule has 3 atom stereocenters. The van der Waals surface area contributed by atoms with Crippen LogP contribution in [0.2, 0.25) is 0 Å². The molecule has 0 radical (unpaired) electrons. The van der Waals surface area contributed by atoms with Gasteiger partial charge in [0.25, 0.3) is 0 Å². The third-order valence-corrected chi connectivity index (χ3v) is 3.82. The molecule has 1 aromatic heterocycles. The molecule has 0 bridgehead atoms. The van der Waals surface area contributed by atoms with Crippen LogP contribution in [-0.2, 0) is 0 Å². The molecule has 1 heterocycles. The normalized spacial score (nSPS) is 27.7. The smallest absolute Gasteiger partial charge is 0.248 e. The number of nitrogens with zero attached hydrogens (tertiary/aromatic N) is 4. The molecule has 2 rings (SSSR count). The molecular weight excluding hydrogens is 240 g/mol. The van der Waals surface area contributed by atoms with E-state index in [4.69, 9.17) is 0 Å². The van der Waals surface area contributed by atoms with Crippen molar-refractivity contribution < 1.29 is 0 Å². The summed E-state index contributed by atoms with van der Waals surface area (Å²) in [5.41, 5.74) is 0. The fourth-order valence-electron chi connectivity index (χ4n) is 2.41. The first kappa shape index (κ1) is 13.8. The Hall–Kier alpha value is -1.59. The Bertz CT molecular complexity index is 425. The molecule has 106 valence electrons. The van der Waals surface area contributed by atoms with Crippen molar-refractivity contribution in [2.75, 3.05) is 19.4 Å². The first-order valence-electron chi connectivity index (χ1n) is 6.94. The van der Waals surface area contributed by atoms with E-state index < -0.39 is 0 Å². The summed E-state index contributed by atoms with van der Waals surface area (Å²) >= 11 is 0. The standard InChI is InChI=1S/C13H24N6/c1-9-5-6-11(7-10(9)2)15-13-16-12(17-18-13)14-8-19(3)4/h8-11H,5-7H2,1-4H3,(H2,15,16,17,18). The summed E-state index contributed by atoms with van der Waals surface area (Å²) in [5, 5.41) is 10.4. The first-order valence-corrected chi connectivity index (χ1v) is 6.94. The Balaban J connectivity index is 1.89. The number of aliphatic imine (C=N–C) groups is 1. The van der Waals surface area contributed by atoms with Gasteiger partial charge in [-0.05, 0) is 31.1 Å². The van der Waals surface area contributed by atoms with E-state index in [1.165, 1.54) is 19.3 Å². The number of hydrogen-bond acceptors (Lipinski definition) is 4. The van der Waals surface area contributed by atoms with Crippen LogP contribution < -0.4 is 5.32 Å². The predicted molar refractivity (Wildman–Crippen MR) is 77.8 cm³/mol. The topological polar surface area (TPSA) is 69.2 Å². The number of aromatic nitrogens is 3. The highest BCUT2D eigenvalue weighted by Crippen LogP contribution is 2.30. The van der Waals surface area contributed by atoms with Crippen LogP contribution >= 0.6 is 0 Å². The van der Waals surface area contributed by atoms with Gasteiger partial charge in [-0.15, -0.1) is 5.10 Å². The minimum Gasteiger partial charge on any atom is -0.369 e. The van der Waals surface area contributed by atoms with Crippen LogP contribution in [0.3, 0.4) is 0 Å². The molecule has 1 fully saturated rings. The summed E-state index contributed by atoms with van der Waals surface area (Å²) in [4.78, 5) is 10.4. The highest BCUT2D eigenvalue weighted by molar-refractivity contribution is 5.57. The van der Waals surface area contributed by atoms with Crippen LogP contribution in [0.5, 0.6) is 0 Å². The molecule has 2 N–H and O–H groups in total. The second kappa shape index (κ2) is 6.04. The second-order valence-electron chi connectivity index (χ2n) is 5.80. The van der Waals surface area contributed by atoms with E-state index in [1.807, 2.05) is 19.0 Å². The van der Waals surface area contributed by atoms with Crippen molar-refractivity contribution in [3.8, 4) is 0 Å². The van der Waals surface area contributed by atoms with Crippen LogP contribution in [0.15, 0.2) is 4.99 Å². The molecule has 6 nitrogen and oxygen atoms in total. The lowest BCUT2D eigenvalue weighted by atomic mass is 9.79. The highest BCUT2D eigenvalue weighted by atomic mass is 15.3. The molecule has 0 aromatic carbocycles. The highest BCUT2D eigenvalue weighted by Gasteiger charge is 2.25. The first-order chi connectivity index (χ1) is 9.04. The van der Waals surface area contributed by atoms with Crippen molar-refractivity contribution in [2.24, 2.45) is 16.8 Å².